The van der Waals surface area contributed by atoms with Gasteiger partial charge in [-0.2, -0.15) is 0 Å². The van der Waals surface area contributed by atoms with Gasteiger partial charge in [0.15, 0.2) is 4.67 Å². The molecule has 0 aromatic carbocycles. The van der Waals surface area contributed by atoms with E-state index in [1.54, 1.807) is 6.20 Å². The number of anilines is 1. The molecule has 0 fully saturated rings. The van der Waals surface area contributed by atoms with Gasteiger partial charge in [-0.1, -0.05) is 0 Å². The molecule has 3 rings (SSSR count). The van der Waals surface area contributed by atoms with Crippen molar-refractivity contribution in [3.05, 3.63) is 34.3 Å². The molecule has 1 aliphatic rings. The number of aryl methyl sites for hydroxylation is 1. The average molecular weight is 283 g/mol. The van der Waals surface area contributed by atoms with Gasteiger partial charge < -0.3 is 13.7 Å². The van der Waals surface area contributed by atoms with Crippen LogP contribution in [0, 0.1) is 6.92 Å². The monoisotopic (exact) mass is 282 g/mol. The summed E-state index contributed by atoms with van der Waals surface area (Å²) >= 11 is 3.35. The smallest absolute Gasteiger partial charge is 0.206 e. The second-order valence-corrected chi connectivity index (χ2v) is 4.82. The lowest BCUT2D eigenvalue weighted by molar-refractivity contribution is 0.412. The highest BCUT2D eigenvalue weighted by Gasteiger charge is 2.35. The molecule has 2 aromatic rings. The Labute approximate surface area is 101 Å². The summed E-state index contributed by atoms with van der Waals surface area (Å²) in [6.45, 7) is 2.75. The Morgan fingerprint density at radius 1 is 1.50 bits per heavy atom. The number of aromatic nitrogens is 1. The van der Waals surface area contributed by atoms with Crippen molar-refractivity contribution in [2.45, 2.75) is 12.8 Å². The maximum Gasteiger partial charge on any atom is 0.206 e. The molecule has 0 radical (unpaired) electrons. The minimum Gasteiger partial charge on any atom is -0.451 e. The molecular weight excluding hydrogens is 272 g/mol. The maximum atomic E-state index is 5.65. The zero-order valence-corrected chi connectivity index (χ0v) is 10.6. The van der Waals surface area contributed by atoms with Crippen molar-refractivity contribution in [1.29, 1.82) is 0 Å². The Bertz CT molecular complexity index is 532. The fraction of sp³-hybridized carbons (Fsp3) is 0.364. The Hall–Kier alpha value is -1.23. The first-order chi connectivity index (χ1) is 7.65. The Kier molecular flexibility index (Phi) is 2.10. The fourth-order valence-corrected chi connectivity index (χ4v) is 2.48. The molecule has 0 saturated carbocycles. The van der Waals surface area contributed by atoms with Gasteiger partial charge >= 0.3 is 0 Å². The van der Waals surface area contributed by atoms with E-state index in [4.69, 9.17) is 8.83 Å². The molecule has 0 spiro atoms. The quantitative estimate of drug-likeness (QED) is 0.807. The lowest BCUT2D eigenvalue weighted by atomic mass is 10.1. The minimum absolute atomic E-state index is 0.0972. The van der Waals surface area contributed by atoms with Gasteiger partial charge in [0.25, 0.3) is 0 Å². The predicted octanol–water partition coefficient (Wildman–Crippen LogP) is 2.92. The molecule has 1 unspecified atom stereocenters. The molecular formula is C11H11BrN2O2. The summed E-state index contributed by atoms with van der Waals surface area (Å²) in [6.07, 6.45) is 1.74. The van der Waals surface area contributed by atoms with E-state index in [-0.39, 0.29) is 5.92 Å². The van der Waals surface area contributed by atoms with E-state index in [1.165, 1.54) is 0 Å². The summed E-state index contributed by atoms with van der Waals surface area (Å²) < 4.78 is 12.0. The fourth-order valence-electron chi connectivity index (χ4n) is 2.09. The highest BCUT2D eigenvalue weighted by molar-refractivity contribution is 9.10. The van der Waals surface area contributed by atoms with E-state index in [1.807, 2.05) is 20.0 Å². The van der Waals surface area contributed by atoms with Gasteiger partial charge in [-0.25, -0.2) is 4.98 Å². The molecule has 2 aromatic heterocycles. The topological polar surface area (TPSA) is 42.4 Å². The van der Waals surface area contributed by atoms with E-state index < -0.39 is 0 Å². The summed E-state index contributed by atoms with van der Waals surface area (Å²) in [5, 5.41) is 0. The number of nitrogens with zero attached hydrogens (tertiary/aromatic N) is 2. The molecule has 16 heavy (non-hydrogen) atoms. The first-order valence-electron chi connectivity index (χ1n) is 5.08. The van der Waals surface area contributed by atoms with Crippen LogP contribution in [-0.4, -0.2) is 18.6 Å². The molecule has 1 atom stereocenters. The summed E-state index contributed by atoms with van der Waals surface area (Å²) in [5.74, 6) is 2.58. The van der Waals surface area contributed by atoms with Crippen molar-refractivity contribution in [2.24, 2.45) is 0 Å². The van der Waals surface area contributed by atoms with Crippen molar-refractivity contribution in [3.63, 3.8) is 0 Å². The second kappa shape index (κ2) is 3.38. The highest BCUT2D eigenvalue weighted by Crippen LogP contribution is 2.42. The van der Waals surface area contributed by atoms with Crippen LogP contribution < -0.4 is 4.90 Å². The van der Waals surface area contributed by atoms with E-state index in [9.17, 15) is 0 Å². The number of furan rings is 1. The van der Waals surface area contributed by atoms with Crippen LogP contribution in [0.15, 0.2) is 25.8 Å². The normalized spacial score (nSPS) is 19.2. The lowest BCUT2D eigenvalue weighted by Crippen LogP contribution is -2.16. The largest absolute Gasteiger partial charge is 0.451 e. The number of hydrogen-bond acceptors (Lipinski definition) is 4. The highest BCUT2D eigenvalue weighted by atomic mass is 79.9. The van der Waals surface area contributed by atoms with Crippen LogP contribution in [0.1, 0.15) is 23.3 Å². The van der Waals surface area contributed by atoms with Crippen molar-refractivity contribution < 1.29 is 8.83 Å². The van der Waals surface area contributed by atoms with Crippen LogP contribution in [0.5, 0.6) is 0 Å². The first-order valence-corrected chi connectivity index (χ1v) is 5.87. The van der Waals surface area contributed by atoms with Gasteiger partial charge in [0.05, 0.1) is 11.9 Å². The summed E-state index contributed by atoms with van der Waals surface area (Å²) in [5.41, 5.74) is 1.10. The number of halogens is 1. The molecule has 0 aliphatic carbocycles. The lowest BCUT2D eigenvalue weighted by Gasteiger charge is -2.10. The van der Waals surface area contributed by atoms with Gasteiger partial charge in [-0.05, 0) is 22.9 Å². The number of likely N-dealkylation sites (N-methyl/N-ethyl adjacent to an activating group) is 1. The van der Waals surface area contributed by atoms with Crippen LogP contribution in [0.2, 0.25) is 0 Å². The molecule has 1 aliphatic heterocycles. The summed E-state index contributed by atoms with van der Waals surface area (Å²) in [7, 11) is 2.04. The Morgan fingerprint density at radius 2 is 2.31 bits per heavy atom. The zero-order chi connectivity index (χ0) is 11.3. The number of hydrogen-bond donors (Lipinski definition) is 0. The van der Waals surface area contributed by atoms with Crippen molar-refractivity contribution in [2.75, 3.05) is 18.5 Å². The molecule has 0 N–H and O–H groups in total. The Balaban J connectivity index is 2.05. The summed E-state index contributed by atoms with van der Waals surface area (Å²) in [6, 6.07) is 1.98. The van der Waals surface area contributed by atoms with Gasteiger partial charge in [-0.3, -0.25) is 0 Å². The molecule has 4 nitrogen and oxygen atoms in total. The van der Waals surface area contributed by atoms with Crippen LogP contribution in [0.4, 0.5) is 5.69 Å². The number of fused-ring (bicyclic) bond motifs is 1. The van der Waals surface area contributed by atoms with E-state index in [0.717, 1.165) is 34.3 Å². The van der Waals surface area contributed by atoms with Crippen LogP contribution in [0.25, 0.3) is 0 Å². The van der Waals surface area contributed by atoms with Gasteiger partial charge in [-0.15, -0.1) is 0 Å². The van der Waals surface area contributed by atoms with Crippen molar-refractivity contribution in [3.8, 4) is 0 Å². The third kappa shape index (κ3) is 1.38. The predicted molar refractivity (Wildman–Crippen MR) is 62.8 cm³/mol. The molecule has 5 heteroatoms. The van der Waals surface area contributed by atoms with Crippen molar-refractivity contribution >= 4 is 21.6 Å². The van der Waals surface area contributed by atoms with Crippen molar-refractivity contribution in [1.82, 2.24) is 4.98 Å². The summed E-state index contributed by atoms with van der Waals surface area (Å²) in [4.78, 5) is 6.42. The molecule has 0 saturated heterocycles. The molecule has 0 bridgehead atoms. The first kappa shape index (κ1) is 9.96. The minimum atomic E-state index is 0.0972. The molecule has 3 heterocycles. The third-order valence-corrected chi connectivity index (χ3v) is 3.22. The standard InChI is InChI=1S/C11H11BrN2O2/c1-6-4-13-11(15-6)7-5-14(2)8-3-9(12)16-10(7)8/h3-4,7H,5H2,1-2H3. The Morgan fingerprint density at radius 3 is 3.00 bits per heavy atom. The van der Waals surface area contributed by atoms with Gasteiger partial charge in [0.2, 0.25) is 5.89 Å². The third-order valence-electron chi connectivity index (χ3n) is 2.83. The zero-order valence-electron chi connectivity index (χ0n) is 9.03. The van der Waals surface area contributed by atoms with Gasteiger partial charge in [0, 0.05) is 19.7 Å². The second-order valence-electron chi connectivity index (χ2n) is 4.04. The number of oxazole rings is 1. The number of rotatable bonds is 1. The van der Waals surface area contributed by atoms with Crippen LogP contribution >= 0.6 is 15.9 Å². The SMILES string of the molecule is Cc1cnc(C2CN(C)c3cc(Br)oc32)o1. The van der Waals surface area contributed by atoms with E-state index >= 15 is 0 Å². The maximum absolute atomic E-state index is 5.65. The van der Waals surface area contributed by atoms with E-state index in [0.29, 0.717) is 0 Å². The molecule has 0 amide bonds. The van der Waals surface area contributed by atoms with E-state index in [2.05, 4.69) is 25.8 Å². The average Bonchev–Trinajstić information content (AvgIpc) is 2.85. The molecule has 84 valence electrons. The van der Waals surface area contributed by atoms with Gasteiger partial charge in [0.1, 0.15) is 17.4 Å². The van der Waals surface area contributed by atoms with Crippen LogP contribution in [-0.2, 0) is 0 Å². The van der Waals surface area contributed by atoms with Crippen LogP contribution in [0.3, 0.4) is 0 Å².